The average Bonchev–Trinajstić information content (AvgIpc) is 3.37. The summed E-state index contributed by atoms with van der Waals surface area (Å²) in [5.74, 6) is -1.45. The Morgan fingerprint density at radius 3 is 2.53 bits per heavy atom. The molecule has 0 aliphatic carbocycles. The van der Waals surface area contributed by atoms with Crippen LogP contribution in [0.4, 0.5) is 0 Å². The SMILES string of the molecule is Cc1ccc(/C(O)=C2\C(=O)C(=O)N(CCCn3ccnc3)[C@H]2c2cccnc2)cc1. The van der Waals surface area contributed by atoms with Crippen molar-refractivity contribution < 1.29 is 14.7 Å². The first-order chi connectivity index (χ1) is 14.6. The number of benzene rings is 1. The summed E-state index contributed by atoms with van der Waals surface area (Å²) in [6, 6.07) is 10.1. The lowest BCUT2D eigenvalue weighted by molar-refractivity contribution is -0.139. The summed E-state index contributed by atoms with van der Waals surface area (Å²) in [5.41, 5.74) is 2.33. The number of aromatic nitrogens is 3. The first-order valence-corrected chi connectivity index (χ1v) is 9.77. The summed E-state index contributed by atoms with van der Waals surface area (Å²) in [6.45, 7) is 2.98. The van der Waals surface area contributed by atoms with Gasteiger partial charge in [-0.2, -0.15) is 0 Å². The number of likely N-dealkylation sites (tertiary alicyclic amines) is 1. The normalized spacial score (nSPS) is 18.2. The quantitative estimate of drug-likeness (QED) is 0.389. The van der Waals surface area contributed by atoms with Crippen molar-refractivity contribution in [1.29, 1.82) is 0 Å². The molecule has 1 N–H and O–H groups in total. The van der Waals surface area contributed by atoms with Gasteiger partial charge in [0.1, 0.15) is 5.76 Å². The smallest absolute Gasteiger partial charge is 0.295 e. The number of rotatable bonds is 6. The van der Waals surface area contributed by atoms with Gasteiger partial charge in [0.05, 0.1) is 17.9 Å². The van der Waals surface area contributed by atoms with Gasteiger partial charge >= 0.3 is 0 Å². The Hall–Kier alpha value is -3.74. The van der Waals surface area contributed by atoms with Crippen LogP contribution in [0, 0.1) is 6.92 Å². The Morgan fingerprint density at radius 2 is 1.87 bits per heavy atom. The van der Waals surface area contributed by atoms with Crippen molar-refractivity contribution in [2.45, 2.75) is 25.9 Å². The summed E-state index contributed by atoms with van der Waals surface area (Å²) in [5, 5.41) is 11.0. The number of imidazole rings is 1. The molecule has 7 heteroatoms. The van der Waals surface area contributed by atoms with Crippen LogP contribution in [-0.4, -0.2) is 42.8 Å². The molecule has 7 nitrogen and oxygen atoms in total. The molecule has 152 valence electrons. The van der Waals surface area contributed by atoms with Gasteiger partial charge < -0.3 is 14.6 Å². The third-order valence-electron chi connectivity index (χ3n) is 5.24. The summed E-state index contributed by atoms with van der Waals surface area (Å²) in [7, 11) is 0. The van der Waals surface area contributed by atoms with Crippen molar-refractivity contribution in [2.75, 3.05) is 6.54 Å². The molecule has 0 bridgehead atoms. The maximum Gasteiger partial charge on any atom is 0.295 e. The van der Waals surface area contributed by atoms with E-state index in [9.17, 15) is 14.7 Å². The Labute approximate surface area is 174 Å². The number of carbonyl (C=O) groups excluding carboxylic acids is 2. The Bertz CT molecular complexity index is 1070. The Morgan fingerprint density at radius 1 is 1.07 bits per heavy atom. The molecule has 1 saturated heterocycles. The van der Waals surface area contributed by atoms with Crippen molar-refractivity contribution in [3.05, 3.63) is 89.8 Å². The number of aliphatic hydroxyl groups is 1. The van der Waals surface area contributed by atoms with Crippen LogP contribution < -0.4 is 0 Å². The number of pyridine rings is 1. The summed E-state index contributed by atoms with van der Waals surface area (Å²) >= 11 is 0. The number of aryl methyl sites for hydroxylation is 2. The number of nitrogens with zero attached hydrogens (tertiary/aromatic N) is 4. The second-order valence-electron chi connectivity index (χ2n) is 7.30. The zero-order chi connectivity index (χ0) is 21.1. The molecular formula is C23H22N4O3. The molecule has 1 atom stereocenters. The fraction of sp³-hybridized carbons (Fsp3) is 0.217. The average molecular weight is 402 g/mol. The topological polar surface area (TPSA) is 88.3 Å². The van der Waals surface area contributed by atoms with Gasteiger partial charge in [-0.05, 0) is 25.0 Å². The van der Waals surface area contributed by atoms with Crippen molar-refractivity contribution in [2.24, 2.45) is 0 Å². The number of amides is 1. The molecule has 30 heavy (non-hydrogen) atoms. The fourth-order valence-corrected chi connectivity index (χ4v) is 3.70. The second kappa shape index (κ2) is 8.32. The van der Waals surface area contributed by atoms with E-state index in [0.717, 1.165) is 5.56 Å². The van der Waals surface area contributed by atoms with Gasteiger partial charge in [-0.15, -0.1) is 0 Å². The third kappa shape index (κ3) is 3.74. The molecule has 0 radical (unpaired) electrons. The maximum absolute atomic E-state index is 12.9. The molecule has 1 aliphatic heterocycles. The van der Waals surface area contributed by atoms with Gasteiger partial charge in [0.2, 0.25) is 0 Å². The number of hydrogen-bond donors (Lipinski definition) is 1. The summed E-state index contributed by atoms with van der Waals surface area (Å²) in [4.78, 5) is 35.5. The maximum atomic E-state index is 12.9. The van der Waals surface area contributed by atoms with Gasteiger partial charge in [0.15, 0.2) is 0 Å². The van der Waals surface area contributed by atoms with Gasteiger partial charge in [-0.1, -0.05) is 35.9 Å². The second-order valence-corrected chi connectivity index (χ2v) is 7.30. The zero-order valence-electron chi connectivity index (χ0n) is 16.6. The summed E-state index contributed by atoms with van der Waals surface area (Å²) in [6.07, 6.45) is 9.17. The van der Waals surface area contributed by atoms with Crippen molar-refractivity contribution in [3.8, 4) is 0 Å². The first kappa shape index (κ1) is 19.6. The minimum atomic E-state index is -0.678. The van der Waals surface area contributed by atoms with E-state index in [1.165, 1.54) is 4.90 Å². The monoisotopic (exact) mass is 402 g/mol. The van der Waals surface area contributed by atoms with Crippen molar-refractivity contribution in [1.82, 2.24) is 19.4 Å². The molecule has 3 aromatic rings. The third-order valence-corrected chi connectivity index (χ3v) is 5.24. The van der Waals surface area contributed by atoms with Gasteiger partial charge in [-0.25, -0.2) is 4.98 Å². The Kier molecular flexibility index (Phi) is 5.43. The van der Waals surface area contributed by atoms with E-state index in [4.69, 9.17) is 0 Å². The fourth-order valence-electron chi connectivity index (χ4n) is 3.70. The van der Waals surface area contributed by atoms with Crippen LogP contribution >= 0.6 is 0 Å². The molecule has 0 spiro atoms. The van der Waals surface area contributed by atoms with Crippen LogP contribution in [-0.2, 0) is 16.1 Å². The van der Waals surface area contributed by atoms with E-state index in [1.54, 1.807) is 43.1 Å². The van der Waals surface area contributed by atoms with Gasteiger partial charge in [-0.3, -0.25) is 14.6 Å². The van der Waals surface area contributed by atoms with E-state index in [1.807, 2.05) is 35.9 Å². The van der Waals surface area contributed by atoms with Gasteiger partial charge in [0.25, 0.3) is 11.7 Å². The van der Waals surface area contributed by atoms with Crippen LogP contribution in [0.1, 0.15) is 29.2 Å². The number of Topliss-reactive ketones (excluding diaryl/α,β-unsaturated/α-hetero) is 1. The molecule has 1 aliphatic rings. The highest BCUT2D eigenvalue weighted by Crippen LogP contribution is 2.39. The van der Waals surface area contributed by atoms with Crippen molar-refractivity contribution in [3.63, 3.8) is 0 Å². The molecule has 2 aromatic heterocycles. The lowest BCUT2D eigenvalue weighted by Crippen LogP contribution is -2.31. The lowest BCUT2D eigenvalue weighted by atomic mass is 9.96. The first-order valence-electron chi connectivity index (χ1n) is 9.77. The number of ketones is 1. The minimum Gasteiger partial charge on any atom is -0.507 e. The molecule has 1 fully saturated rings. The standard InChI is InChI=1S/C23H22N4O3/c1-16-5-7-17(8-6-16)21(28)19-20(18-4-2-9-24-14-18)27(23(30)22(19)29)12-3-11-26-13-10-25-15-26/h2,4-10,13-15,20,28H,3,11-12H2,1H3/b21-19+/t20-/m0/s1. The minimum absolute atomic E-state index is 0.0967. The summed E-state index contributed by atoms with van der Waals surface area (Å²) < 4.78 is 1.92. The molecule has 4 rings (SSSR count). The van der Waals surface area contributed by atoms with Crippen LogP contribution in [0.25, 0.3) is 5.76 Å². The van der Waals surface area contributed by atoms with Crippen LogP contribution in [0.5, 0.6) is 0 Å². The molecule has 0 unspecified atom stereocenters. The van der Waals surface area contributed by atoms with Crippen molar-refractivity contribution >= 4 is 17.4 Å². The van der Waals surface area contributed by atoms with Crippen LogP contribution in [0.2, 0.25) is 0 Å². The molecule has 1 aromatic carbocycles. The van der Waals surface area contributed by atoms with E-state index < -0.39 is 17.7 Å². The Balaban J connectivity index is 1.71. The van der Waals surface area contributed by atoms with E-state index in [0.29, 0.717) is 30.6 Å². The largest absolute Gasteiger partial charge is 0.507 e. The van der Waals surface area contributed by atoms with E-state index in [2.05, 4.69) is 9.97 Å². The molecular weight excluding hydrogens is 380 g/mol. The predicted octanol–water partition coefficient (Wildman–Crippen LogP) is 3.10. The van der Waals surface area contributed by atoms with E-state index in [-0.39, 0.29) is 11.3 Å². The number of hydrogen-bond acceptors (Lipinski definition) is 5. The molecule has 0 saturated carbocycles. The van der Waals surface area contributed by atoms with Crippen LogP contribution in [0.15, 0.2) is 73.1 Å². The van der Waals surface area contributed by atoms with E-state index >= 15 is 0 Å². The number of aliphatic hydroxyl groups excluding tert-OH is 1. The highest BCUT2D eigenvalue weighted by molar-refractivity contribution is 6.46. The van der Waals surface area contributed by atoms with Crippen LogP contribution in [0.3, 0.4) is 0 Å². The highest BCUT2D eigenvalue weighted by atomic mass is 16.3. The highest BCUT2D eigenvalue weighted by Gasteiger charge is 2.45. The predicted molar refractivity (Wildman–Crippen MR) is 111 cm³/mol. The number of carbonyl (C=O) groups is 2. The molecule has 1 amide bonds. The van der Waals surface area contributed by atoms with Gasteiger partial charge in [0, 0.05) is 43.4 Å². The molecule has 3 heterocycles. The lowest BCUT2D eigenvalue weighted by Gasteiger charge is -2.25. The zero-order valence-corrected chi connectivity index (χ0v) is 16.6.